The molecule has 0 amide bonds. The molecule has 0 unspecified atom stereocenters. The number of hydrogen-bond donors (Lipinski definition) is 2. The smallest absolute Gasteiger partial charge is 0.460 e. The zero-order valence-electron chi connectivity index (χ0n) is 24.8. The van der Waals surface area contributed by atoms with Crippen LogP contribution in [0, 0.1) is 0 Å². The van der Waals surface area contributed by atoms with Gasteiger partial charge in [0.25, 0.3) is 0 Å². The molecule has 0 aliphatic rings. The molecule has 51 heavy (non-hydrogen) atoms. The molecule has 2 aromatic rings. The Balaban J connectivity index is 2.29. The number of carbonyl (C=O) groups is 4. The lowest BCUT2D eigenvalue weighted by molar-refractivity contribution is -0.397. The molecule has 2 rings (SSSR count). The monoisotopic (exact) mass is 768 g/mol. The second-order valence-electron chi connectivity index (χ2n) is 10.4. The van der Waals surface area contributed by atoms with Gasteiger partial charge in [0.1, 0.15) is 0 Å². The van der Waals surface area contributed by atoms with Crippen molar-refractivity contribution in [3.63, 3.8) is 0 Å². The first-order valence-corrected chi connectivity index (χ1v) is 13.3. The summed E-state index contributed by atoms with van der Waals surface area (Å²) < 4.78 is 206. The quantitative estimate of drug-likeness (QED) is 0.137. The summed E-state index contributed by atoms with van der Waals surface area (Å²) in [5.74, 6) is -44.3. The van der Waals surface area contributed by atoms with Gasteiger partial charge in [0.15, 0.2) is 0 Å². The maximum atomic E-state index is 13.7. The summed E-state index contributed by atoms with van der Waals surface area (Å²) in [7, 11) is 0. The fourth-order valence-corrected chi connectivity index (χ4v) is 3.90. The number of halogens is 15. The zero-order valence-corrected chi connectivity index (χ0v) is 24.8. The Morgan fingerprint density at radius 1 is 0.529 bits per heavy atom. The number of carbonyl (C=O) groups excluding carboxylic acids is 2. The predicted octanol–water partition coefficient (Wildman–Crippen LogP) is 8.24. The molecule has 8 nitrogen and oxygen atoms in total. The number of alkyl halides is 15. The Kier molecular flexibility index (Phi) is 11.7. The highest BCUT2D eigenvalue weighted by atomic mass is 19.4. The number of ether oxygens (including phenoxy) is 2. The van der Waals surface area contributed by atoms with Gasteiger partial charge in [-0.1, -0.05) is 12.1 Å². The Hall–Kier alpha value is -4.73. The van der Waals surface area contributed by atoms with E-state index < -0.39 is 121 Å². The lowest BCUT2D eigenvalue weighted by atomic mass is 9.95. The number of esters is 2. The van der Waals surface area contributed by atoms with Crippen LogP contribution in [0.3, 0.4) is 0 Å². The van der Waals surface area contributed by atoms with Crippen LogP contribution in [0.2, 0.25) is 0 Å². The first kappa shape index (κ1) is 42.4. The summed E-state index contributed by atoms with van der Waals surface area (Å²) in [6.07, 6.45) is -11.8. The summed E-state index contributed by atoms with van der Waals surface area (Å²) in [5.41, 5.74) is -4.55. The first-order chi connectivity index (χ1) is 22.8. The van der Waals surface area contributed by atoms with Gasteiger partial charge < -0.3 is 19.7 Å². The van der Waals surface area contributed by atoms with Crippen LogP contribution < -0.4 is 0 Å². The van der Waals surface area contributed by atoms with Crippen molar-refractivity contribution in [2.24, 2.45) is 0 Å². The van der Waals surface area contributed by atoms with E-state index in [2.05, 4.69) is 9.47 Å². The number of benzene rings is 2. The summed E-state index contributed by atoms with van der Waals surface area (Å²) >= 11 is 0. The maximum absolute atomic E-state index is 13.7. The molecule has 0 atom stereocenters. The van der Waals surface area contributed by atoms with Gasteiger partial charge in [-0.3, -0.25) is 0 Å². The second-order valence-corrected chi connectivity index (χ2v) is 10.4. The minimum absolute atomic E-state index is 0.282. The van der Waals surface area contributed by atoms with E-state index in [0.717, 1.165) is 12.1 Å². The fourth-order valence-electron chi connectivity index (χ4n) is 3.90. The molecule has 0 radical (unpaired) electrons. The highest BCUT2D eigenvalue weighted by Gasteiger charge is 2.81. The van der Waals surface area contributed by atoms with E-state index in [4.69, 9.17) is 0 Å². The lowest BCUT2D eigenvalue weighted by Gasteiger charge is -2.33. The van der Waals surface area contributed by atoms with Crippen molar-refractivity contribution >= 4 is 23.9 Å². The van der Waals surface area contributed by atoms with Gasteiger partial charge in [0.2, 0.25) is 0 Å². The van der Waals surface area contributed by atoms with Crippen molar-refractivity contribution < 1.29 is 105 Å². The van der Waals surface area contributed by atoms with Crippen LogP contribution in [0.25, 0.3) is 11.1 Å². The van der Waals surface area contributed by atoms with Crippen LogP contribution in [0.5, 0.6) is 0 Å². The molecule has 23 heteroatoms. The van der Waals surface area contributed by atoms with E-state index >= 15 is 0 Å². The minimum Gasteiger partial charge on any atom is -0.478 e. The standard InChI is InChI=1S/C28H19F15O8/c1-22(29,30)25(35,36)23(31,32)6-8-50-20(48)14-4-2-12(10-16(14)18(44)45)13-3-5-15(17(11-13)19(46)47)21(49)51-9-7-24(33,34)26(37,38)27(39,40)28(41,42)43/h2-5,10-11H,6-9H2,1H3,(H,44,45)(H,46,47). The fraction of sp³-hybridized carbons (Fsp3) is 0.429. The van der Waals surface area contributed by atoms with Crippen LogP contribution in [0.4, 0.5) is 65.9 Å². The third-order valence-electron chi connectivity index (χ3n) is 6.79. The molecule has 2 N–H and O–H groups in total. The van der Waals surface area contributed by atoms with E-state index in [0.29, 0.717) is 24.3 Å². The normalized spacial score (nSPS) is 13.5. The van der Waals surface area contributed by atoms with Gasteiger partial charge in [-0.05, 0) is 35.4 Å². The van der Waals surface area contributed by atoms with E-state index in [-0.39, 0.29) is 11.1 Å². The average Bonchev–Trinajstić information content (AvgIpc) is 2.98. The number of carboxylic acids is 2. The van der Waals surface area contributed by atoms with Crippen molar-refractivity contribution in [2.45, 2.75) is 61.5 Å². The molecule has 0 fully saturated rings. The van der Waals surface area contributed by atoms with Crippen LogP contribution in [-0.4, -0.2) is 89.0 Å². The van der Waals surface area contributed by atoms with Gasteiger partial charge in [0, 0.05) is 6.92 Å². The van der Waals surface area contributed by atoms with Crippen molar-refractivity contribution in [3.8, 4) is 11.1 Å². The number of rotatable bonds is 15. The van der Waals surface area contributed by atoms with E-state index in [1.165, 1.54) is 0 Å². The van der Waals surface area contributed by atoms with Crippen molar-refractivity contribution in [2.75, 3.05) is 13.2 Å². The van der Waals surface area contributed by atoms with E-state index in [1.54, 1.807) is 0 Å². The van der Waals surface area contributed by atoms with Crippen LogP contribution in [0.15, 0.2) is 36.4 Å². The van der Waals surface area contributed by atoms with E-state index in [1.807, 2.05) is 0 Å². The molecular formula is C28H19F15O8. The first-order valence-electron chi connectivity index (χ1n) is 13.3. The van der Waals surface area contributed by atoms with Gasteiger partial charge in [0.05, 0.1) is 48.3 Å². The molecule has 0 spiro atoms. The Morgan fingerprint density at radius 2 is 0.863 bits per heavy atom. The third kappa shape index (κ3) is 8.43. The molecule has 0 bridgehead atoms. The molecule has 2 aromatic carbocycles. The van der Waals surface area contributed by atoms with Crippen LogP contribution in [0.1, 0.15) is 61.2 Å². The summed E-state index contributed by atoms with van der Waals surface area (Å²) in [4.78, 5) is 48.2. The molecule has 0 saturated carbocycles. The summed E-state index contributed by atoms with van der Waals surface area (Å²) in [6.45, 7) is -4.01. The van der Waals surface area contributed by atoms with Crippen LogP contribution >= 0.6 is 0 Å². The zero-order chi connectivity index (χ0) is 39.8. The molecule has 0 aliphatic carbocycles. The summed E-state index contributed by atoms with van der Waals surface area (Å²) in [6, 6.07) is 4.22. The summed E-state index contributed by atoms with van der Waals surface area (Å²) in [5, 5.41) is 19.0. The van der Waals surface area contributed by atoms with Crippen LogP contribution in [-0.2, 0) is 9.47 Å². The van der Waals surface area contributed by atoms with E-state index in [9.17, 15) is 95.2 Å². The van der Waals surface area contributed by atoms with Gasteiger partial charge in [-0.2, -0.15) is 65.9 Å². The predicted molar refractivity (Wildman–Crippen MR) is 137 cm³/mol. The van der Waals surface area contributed by atoms with Crippen molar-refractivity contribution in [1.29, 1.82) is 0 Å². The molecule has 0 saturated heterocycles. The number of carboxylic acid groups (broad SMARTS) is 2. The molecule has 0 aliphatic heterocycles. The number of aromatic carboxylic acids is 2. The molecular weight excluding hydrogens is 749 g/mol. The second kappa shape index (κ2) is 14.1. The molecule has 0 heterocycles. The van der Waals surface area contributed by atoms with Gasteiger partial charge in [-0.15, -0.1) is 0 Å². The lowest BCUT2D eigenvalue weighted by Crippen LogP contribution is -2.61. The highest BCUT2D eigenvalue weighted by Crippen LogP contribution is 2.54. The maximum Gasteiger partial charge on any atom is 0.460 e. The van der Waals surface area contributed by atoms with Gasteiger partial charge in [-0.25, -0.2) is 19.2 Å². The van der Waals surface area contributed by atoms with Gasteiger partial charge >= 0.3 is 65.6 Å². The average molecular weight is 768 g/mol. The topological polar surface area (TPSA) is 127 Å². The van der Waals surface area contributed by atoms with Crippen molar-refractivity contribution in [1.82, 2.24) is 0 Å². The Bertz CT molecular complexity index is 1660. The number of hydrogen-bond acceptors (Lipinski definition) is 6. The SMILES string of the molecule is CC(F)(F)C(F)(F)C(F)(F)CCOC(=O)c1ccc(-c2ccc(C(=O)OCCC(F)(F)C(F)(F)C(F)(F)C(F)(F)F)c(C(=O)O)c2)cc1C(=O)O. The minimum atomic E-state index is -7.21. The third-order valence-corrected chi connectivity index (χ3v) is 6.79. The highest BCUT2D eigenvalue weighted by molar-refractivity contribution is 6.05. The largest absolute Gasteiger partial charge is 0.478 e. The molecule has 0 aromatic heterocycles. The molecule has 284 valence electrons. The Labute approximate surface area is 273 Å². The Morgan fingerprint density at radius 3 is 1.16 bits per heavy atom. The van der Waals surface area contributed by atoms with Crippen molar-refractivity contribution in [3.05, 3.63) is 58.7 Å².